The van der Waals surface area contributed by atoms with Gasteiger partial charge >= 0.3 is 0 Å². The molecule has 0 amide bonds. The number of hydrogen-bond donors (Lipinski definition) is 1. The summed E-state index contributed by atoms with van der Waals surface area (Å²) in [5, 5.41) is 7.80. The van der Waals surface area contributed by atoms with E-state index < -0.39 is 0 Å². The predicted molar refractivity (Wildman–Crippen MR) is 69.9 cm³/mol. The summed E-state index contributed by atoms with van der Waals surface area (Å²) in [6, 6.07) is 7.90. The normalized spacial score (nSPS) is 10.3. The first-order valence-electron chi connectivity index (χ1n) is 4.59. The summed E-state index contributed by atoms with van der Waals surface area (Å²) in [5.41, 5.74) is 7.43. The fourth-order valence-electron chi connectivity index (χ4n) is 1.37. The number of halogens is 1. The molecular formula is C10H9BrN4S. The van der Waals surface area contributed by atoms with Crippen LogP contribution in [0.15, 0.2) is 34.9 Å². The molecule has 1 aromatic heterocycles. The Bertz CT molecular complexity index is 506. The molecular weight excluding hydrogens is 288 g/mol. The van der Waals surface area contributed by atoms with E-state index in [1.807, 2.05) is 24.3 Å². The first-order chi connectivity index (χ1) is 7.66. The molecule has 2 N–H and O–H groups in total. The molecule has 0 aliphatic rings. The molecule has 1 heterocycles. The average Bonchev–Trinajstić information content (AvgIpc) is 2.66. The van der Waals surface area contributed by atoms with Gasteiger partial charge in [-0.1, -0.05) is 45.5 Å². The van der Waals surface area contributed by atoms with Crippen LogP contribution in [-0.2, 0) is 6.54 Å². The summed E-state index contributed by atoms with van der Waals surface area (Å²) in [6.07, 6.45) is 1.70. The second kappa shape index (κ2) is 4.71. The number of nitrogens with zero attached hydrogens (tertiary/aromatic N) is 3. The Labute approximate surface area is 107 Å². The highest BCUT2D eigenvalue weighted by Crippen LogP contribution is 2.20. The highest BCUT2D eigenvalue weighted by atomic mass is 79.9. The summed E-state index contributed by atoms with van der Waals surface area (Å²) < 4.78 is 2.72. The highest BCUT2D eigenvalue weighted by molar-refractivity contribution is 9.10. The summed E-state index contributed by atoms with van der Waals surface area (Å²) in [7, 11) is 0. The molecule has 2 aromatic rings. The number of rotatable bonds is 3. The molecule has 0 saturated carbocycles. The molecule has 6 heteroatoms. The molecule has 0 atom stereocenters. The molecule has 16 heavy (non-hydrogen) atoms. The number of aromatic nitrogens is 3. The summed E-state index contributed by atoms with van der Waals surface area (Å²) in [6.45, 7) is 0.404. The lowest BCUT2D eigenvalue weighted by molar-refractivity contribution is 0.687. The first-order valence-corrected chi connectivity index (χ1v) is 5.79. The minimum atomic E-state index is 0.392. The Hall–Kier alpha value is -1.27. The quantitative estimate of drug-likeness (QED) is 0.880. The van der Waals surface area contributed by atoms with Crippen LogP contribution in [0.25, 0.3) is 11.3 Å². The zero-order chi connectivity index (χ0) is 11.5. The lowest BCUT2D eigenvalue weighted by Crippen LogP contribution is -2.18. The first kappa shape index (κ1) is 11.2. The van der Waals surface area contributed by atoms with Gasteiger partial charge in [-0.05, 0) is 12.1 Å². The Morgan fingerprint density at radius 1 is 1.38 bits per heavy atom. The van der Waals surface area contributed by atoms with Crippen LogP contribution in [0.2, 0.25) is 0 Å². The molecule has 0 fully saturated rings. The maximum atomic E-state index is 5.49. The molecule has 0 aliphatic carbocycles. The van der Waals surface area contributed by atoms with Crippen molar-refractivity contribution in [3.05, 3.63) is 34.9 Å². The predicted octanol–water partition coefficient (Wildman–Crippen LogP) is 1.99. The Morgan fingerprint density at radius 3 is 2.69 bits per heavy atom. The van der Waals surface area contributed by atoms with Gasteiger partial charge in [0.05, 0.1) is 23.4 Å². The summed E-state index contributed by atoms with van der Waals surface area (Å²) >= 11 is 8.24. The van der Waals surface area contributed by atoms with Crippen LogP contribution in [0.4, 0.5) is 0 Å². The number of nitrogens with two attached hydrogens (primary N) is 1. The van der Waals surface area contributed by atoms with Crippen molar-refractivity contribution in [3.63, 3.8) is 0 Å². The van der Waals surface area contributed by atoms with Gasteiger partial charge in [-0.3, -0.25) is 0 Å². The SMILES string of the molecule is NC(=S)Cn1nncc1-c1ccc(Br)cc1. The van der Waals surface area contributed by atoms with Crippen molar-refractivity contribution in [2.75, 3.05) is 0 Å². The van der Waals surface area contributed by atoms with E-state index in [9.17, 15) is 0 Å². The molecule has 82 valence electrons. The Balaban J connectivity index is 2.36. The number of hydrogen-bond acceptors (Lipinski definition) is 3. The lowest BCUT2D eigenvalue weighted by atomic mass is 10.2. The van der Waals surface area contributed by atoms with Crippen LogP contribution in [-0.4, -0.2) is 20.0 Å². The third-order valence-corrected chi connectivity index (χ3v) is 2.72. The van der Waals surface area contributed by atoms with Gasteiger partial charge in [-0.25, -0.2) is 4.68 Å². The van der Waals surface area contributed by atoms with E-state index in [-0.39, 0.29) is 0 Å². The van der Waals surface area contributed by atoms with Crippen molar-refractivity contribution in [2.24, 2.45) is 5.73 Å². The summed E-state index contributed by atoms with van der Waals surface area (Å²) in [4.78, 5) is 0.392. The van der Waals surface area contributed by atoms with Crippen LogP contribution in [0, 0.1) is 0 Å². The van der Waals surface area contributed by atoms with Crippen molar-refractivity contribution in [2.45, 2.75) is 6.54 Å². The molecule has 0 bridgehead atoms. The van der Waals surface area contributed by atoms with Crippen LogP contribution in [0.1, 0.15) is 0 Å². The van der Waals surface area contributed by atoms with Gasteiger partial charge in [-0.2, -0.15) is 0 Å². The van der Waals surface area contributed by atoms with E-state index in [0.29, 0.717) is 11.5 Å². The van der Waals surface area contributed by atoms with Crippen molar-refractivity contribution in [1.29, 1.82) is 0 Å². The van der Waals surface area contributed by atoms with Crippen LogP contribution >= 0.6 is 28.1 Å². The van der Waals surface area contributed by atoms with Gasteiger partial charge in [0.1, 0.15) is 0 Å². The van der Waals surface area contributed by atoms with E-state index in [2.05, 4.69) is 26.2 Å². The van der Waals surface area contributed by atoms with Crippen LogP contribution in [0.3, 0.4) is 0 Å². The standard InChI is InChI=1S/C10H9BrN4S/c11-8-3-1-7(2-4-8)9-5-13-14-15(9)6-10(12)16/h1-5H,6H2,(H2,12,16). The van der Waals surface area contributed by atoms with E-state index >= 15 is 0 Å². The molecule has 0 unspecified atom stereocenters. The lowest BCUT2D eigenvalue weighted by Gasteiger charge is -2.04. The average molecular weight is 297 g/mol. The van der Waals surface area contributed by atoms with Crippen molar-refractivity contribution < 1.29 is 0 Å². The van der Waals surface area contributed by atoms with E-state index in [1.54, 1.807) is 10.9 Å². The zero-order valence-electron chi connectivity index (χ0n) is 8.30. The van der Waals surface area contributed by atoms with E-state index in [4.69, 9.17) is 18.0 Å². The monoisotopic (exact) mass is 296 g/mol. The smallest absolute Gasteiger partial charge is 0.0946 e. The largest absolute Gasteiger partial charge is 0.392 e. The molecule has 2 rings (SSSR count). The molecule has 0 aliphatic heterocycles. The Morgan fingerprint density at radius 2 is 2.06 bits per heavy atom. The van der Waals surface area contributed by atoms with Crippen molar-refractivity contribution in [1.82, 2.24) is 15.0 Å². The minimum Gasteiger partial charge on any atom is -0.392 e. The van der Waals surface area contributed by atoms with Crippen molar-refractivity contribution in [3.8, 4) is 11.3 Å². The second-order valence-corrected chi connectivity index (χ2v) is 4.69. The zero-order valence-corrected chi connectivity index (χ0v) is 10.7. The van der Waals surface area contributed by atoms with Crippen LogP contribution in [0.5, 0.6) is 0 Å². The highest BCUT2D eigenvalue weighted by Gasteiger charge is 2.06. The topological polar surface area (TPSA) is 56.7 Å². The van der Waals surface area contributed by atoms with Gasteiger partial charge in [0.2, 0.25) is 0 Å². The van der Waals surface area contributed by atoms with Gasteiger partial charge in [0.15, 0.2) is 0 Å². The Kier molecular flexibility index (Phi) is 3.31. The third-order valence-electron chi connectivity index (χ3n) is 2.06. The molecule has 0 saturated heterocycles. The maximum Gasteiger partial charge on any atom is 0.0946 e. The summed E-state index contributed by atoms with van der Waals surface area (Å²) in [5.74, 6) is 0. The second-order valence-electron chi connectivity index (χ2n) is 3.25. The molecule has 4 nitrogen and oxygen atoms in total. The fourth-order valence-corrected chi connectivity index (χ4v) is 1.75. The minimum absolute atomic E-state index is 0.392. The van der Waals surface area contributed by atoms with Crippen molar-refractivity contribution >= 4 is 33.1 Å². The van der Waals surface area contributed by atoms with Crippen LogP contribution < -0.4 is 5.73 Å². The number of thiocarbonyl (C=S) groups is 1. The molecule has 0 radical (unpaired) electrons. The van der Waals surface area contributed by atoms with Gasteiger partial charge in [0, 0.05) is 10.0 Å². The third kappa shape index (κ3) is 2.45. The molecule has 0 spiro atoms. The molecule has 1 aromatic carbocycles. The maximum absolute atomic E-state index is 5.49. The van der Waals surface area contributed by atoms with E-state index in [1.165, 1.54) is 0 Å². The van der Waals surface area contributed by atoms with Gasteiger partial charge in [0.25, 0.3) is 0 Å². The van der Waals surface area contributed by atoms with Gasteiger partial charge in [-0.15, -0.1) is 5.10 Å². The number of benzene rings is 1. The van der Waals surface area contributed by atoms with E-state index in [0.717, 1.165) is 15.7 Å². The van der Waals surface area contributed by atoms with Gasteiger partial charge < -0.3 is 5.73 Å². The fraction of sp³-hybridized carbons (Fsp3) is 0.100.